The molecule has 4 aliphatic heterocycles. The number of carbonyl (C=O) groups is 3. The molecule has 0 spiro atoms. The monoisotopic (exact) mass is 574 g/mol. The average Bonchev–Trinajstić information content (AvgIpc) is 3.55. The summed E-state index contributed by atoms with van der Waals surface area (Å²) in [5.41, 5.74) is 0.367. The van der Waals surface area contributed by atoms with Gasteiger partial charge in [-0.2, -0.15) is 0 Å². The summed E-state index contributed by atoms with van der Waals surface area (Å²) in [5.74, 6) is -1.28. The van der Waals surface area contributed by atoms with Crippen LogP contribution in [0.4, 0.5) is 4.79 Å². The molecule has 2 amide bonds. The first-order valence-electron chi connectivity index (χ1n) is 14.4. The molecule has 11 nitrogen and oxygen atoms in total. The predicted octanol–water partition coefficient (Wildman–Crippen LogP) is 3.44. The lowest BCUT2D eigenvalue weighted by molar-refractivity contribution is -0.227. The van der Waals surface area contributed by atoms with E-state index in [1.807, 2.05) is 65.0 Å². The molecule has 6 atom stereocenters. The first-order valence-corrected chi connectivity index (χ1v) is 14.4. The van der Waals surface area contributed by atoms with E-state index in [-0.39, 0.29) is 18.4 Å². The molecular formula is C30H42N2O9. The number of ether oxygens (including phenoxy) is 6. The third kappa shape index (κ3) is 6.23. The average molecular weight is 575 g/mol. The van der Waals surface area contributed by atoms with Crippen molar-refractivity contribution in [1.82, 2.24) is 9.80 Å². The van der Waals surface area contributed by atoms with Crippen molar-refractivity contribution < 1.29 is 42.8 Å². The maximum Gasteiger partial charge on any atom is 0.413 e. The highest BCUT2D eigenvalue weighted by molar-refractivity contribution is 5.85. The number of likely N-dealkylation sites (tertiary alicyclic amines) is 1. The van der Waals surface area contributed by atoms with Gasteiger partial charge in [0, 0.05) is 25.6 Å². The summed E-state index contributed by atoms with van der Waals surface area (Å²) in [6, 6.07) is 8.67. The Kier molecular flexibility index (Phi) is 8.35. The molecule has 0 aliphatic carbocycles. The number of cyclic esters (lactones) is 1. The van der Waals surface area contributed by atoms with Gasteiger partial charge in [-0.15, -0.1) is 0 Å². The largest absolute Gasteiger partial charge is 0.444 e. The molecule has 0 radical (unpaired) electrons. The Balaban J connectivity index is 1.20. The zero-order valence-electron chi connectivity index (χ0n) is 24.7. The number of rotatable bonds is 6. The second kappa shape index (κ2) is 11.5. The van der Waals surface area contributed by atoms with E-state index in [0.717, 1.165) is 5.56 Å². The van der Waals surface area contributed by atoms with Crippen LogP contribution < -0.4 is 0 Å². The number of piperidine rings is 1. The van der Waals surface area contributed by atoms with Gasteiger partial charge in [0.2, 0.25) is 0 Å². The first-order chi connectivity index (χ1) is 19.4. The van der Waals surface area contributed by atoms with Crippen molar-refractivity contribution in [2.24, 2.45) is 11.3 Å². The minimum atomic E-state index is -0.823. The number of esters is 1. The third-order valence-corrected chi connectivity index (χ3v) is 8.21. The van der Waals surface area contributed by atoms with E-state index in [0.29, 0.717) is 32.4 Å². The summed E-state index contributed by atoms with van der Waals surface area (Å²) in [6.45, 7) is 10.5. The lowest BCUT2D eigenvalue weighted by Gasteiger charge is -2.37. The molecule has 4 heterocycles. The second-order valence-electron chi connectivity index (χ2n) is 12.8. The number of nitrogens with zero attached hydrogens (tertiary/aromatic N) is 2. The van der Waals surface area contributed by atoms with Gasteiger partial charge < -0.3 is 33.3 Å². The molecule has 0 saturated carbocycles. The normalized spacial score (nSPS) is 31.7. The Hall–Kier alpha value is -2.73. The van der Waals surface area contributed by atoms with Crippen LogP contribution in [0.5, 0.6) is 0 Å². The van der Waals surface area contributed by atoms with Crippen LogP contribution in [0.3, 0.4) is 0 Å². The first kappa shape index (κ1) is 29.8. The van der Waals surface area contributed by atoms with Crippen molar-refractivity contribution >= 4 is 18.0 Å². The lowest BCUT2D eigenvalue weighted by Crippen LogP contribution is -2.50. The van der Waals surface area contributed by atoms with E-state index in [9.17, 15) is 14.4 Å². The topological polar surface area (TPSA) is 113 Å². The molecule has 4 aliphatic rings. The summed E-state index contributed by atoms with van der Waals surface area (Å²) >= 11 is 0. The Labute approximate surface area is 241 Å². The van der Waals surface area contributed by atoms with Crippen molar-refractivity contribution in [2.45, 2.75) is 103 Å². The van der Waals surface area contributed by atoms with Crippen molar-refractivity contribution in [2.75, 3.05) is 20.2 Å². The maximum absolute atomic E-state index is 13.5. The fourth-order valence-corrected chi connectivity index (χ4v) is 6.18. The van der Waals surface area contributed by atoms with Gasteiger partial charge in [-0.25, -0.2) is 9.59 Å². The minimum absolute atomic E-state index is 0.107. The van der Waals surface area contributed by atoms with Crippen molar-refractivity contribution in [3.8, 4) is 0 Å². The van der Waals surface area contributed by atoms with Crippen LogP contribution in [0, 0.1) is 11.3 Å². The molecular weight excluding hydrogens is 532 g/mol. The number of benzene rings is 1. The van der Waals surface area contributed by atoms with Gasteiger partial charge in [0.15, 0.2) is 24.4 Å². The Bertz CT molecular complexity index is 1110. The van der Waals surface area contributed by atoms with E-state index < -0.39 is 60.1 Å². The van der Waals surface area contributed by atoms with E-state index in [4.69, 9.17) is 28.4 Å². The molecule has 5 rings (SSSR count). The lowest BCUT2D eigenvalue weighted by atomic mass is 9.88. The molecule has 0 bridgehead atoms. The summed E-state index contributed by atoms with van der Waals surface area (Å²) in [6.07, 6.45) is -2.00. The van der Waals surface area contributed by atoms with Gasteiger partial charge in [-0.3, -0.25) is 9.69 Å². The van der Waals surface area contributed by atoms with E-state index in [2.05, 4.69) is 0 Å². The smallest absolute Gasteiger partial charge is 0.413 e. The number of fused-ring (bicyclic) bond motifs is 1. The summed E-state index contributed by atoms with van der Waals surface area (Å²) < 4.78 is 34.6. The quantitative estimate of drug-likeness (QED) is 0.472. The van der Waals surface area contributed by atoms with Crippen molar-refractivity contribution in [3.63, 3.8) is 0 Å². The number of amides is 2. The minimum Gasteiger partial charge on any atom is -0.444 e. The fourth-order valence-electron chi connectivity index (χ4n) is 6.18. The van der Waals surface area contributed by atoms with Crippen LogP contribution in [-0.2, 0) is 44.6 Å². The van der Waals surface area contributed by atoms with Crippen molar-refractivity contribution in [3.05, 3.63) is 35.9 Å². The molecule has 1 aromatic carbocycles. The summed E-state index contributed by atoms with van der Waals surface area (Å²) in [4.78, 5) is 43.1. The predicted molar refractivity (Wildman–Crippen MR) is 145 cm³/mol. The maximum atomic E-state index is 13.5. The Morgan fingerprint density at radius 2 is 1.71 bits per heavy atom. The summed E-state index contributed by atoms with van der Waals surface area (Å²) in [7, 11) is 1.52. The van der Waals surface area contributed by atoms with Crippen LogP contribution in [-0.4, -0.2) is 90.6 Å². The van der Waals surface area contributed by atoms with Gasteiger partial charge in [0.1, 0.15) is 24.9 Å². The van der Waals surface area contributed by atoms with Gasteiger partial charge in [0.05, 0.1) is 0 Å². The molecule has 4 fully saturated rings. The SMILES string of the molecule is CO[C@H]1O[C@@H](C(=O)N2CCC(C[C@H]3C(=O)O[C@@H](C(C)(C)C)N3C(=O)OCc3ccccc3)CC2)[C@@H]2OC(C)(C)O[C@H]12. The molecule has 0 aromatic heterocycles. The van der Waals surface area contributed by atoms with Gasteiger partial charge in [0.25, 0.3) is 5.91 Å². The highest BCUT2D eigenvalue weighted by atomic mass is 16.8. The number of hydrogen-bond acceptors (Lipinski definition) is 9. The van der Waals surface area contributed by atoms with E-state index in [1.54, 1.807) is 4.90 Å². The number of carbonyl (C=O) groups excluding carboxylic acids is 3. The summed E-state index contributed by atoms with van der Waals surface area (Å²) in [5, 5.41) is 0. The van der Waals surface area contributed by atoms with Crippen molar-refractivity contribution in [1.29, 1.82) is 0 Å². The van der Waals surface area contributed by atoms with Crippen LogP contribution in [0.25, 0.3) is 0 Å². The highest BCUT2D eigenvalue weighted by Crippen LogP contribution is 2.40. The molecule has 0 unspecified atom stereocenters. The molecule has 1 aromatic rings. The molecule has 0 N–H and O–H groups in total. The van der Waals surface area contributed by atoms with Gasteiger partial charge in [-0.1, -0.05) is 51.1 Å². The molecule has 41 heavy (non-hydrogen) atoms. The number of methoxy groups -OCH3 is 1. The number of hydrogen-bond donors (Lipinski definition) is 0. The zero-order valence-corrected chi connectivity index (χ0v) is 24.7. The van der Waals surface area contributed by atoms with Crippen LogP contribution in [0.15, 0.2) is 30.3 Å². The highest BCUT2D eigenvalue weighted by Gasteiger charge is 2.58. The molecule has 226 valence electrons. The van der Waals surface area contributed by atoms with Gasteiger partial charge >= 0.3 is 12.1 Å². The van der Waals surface area contributed by atoms with Gasteiger partial charge in [-0.05, 0) is 44.6 Å². The zero-order chi connectivity index (χ0) is 29.5. The third-order valence-electron chi connectivity index (χ3n) is 8.21. The van der Waals surface area contributed by atoms with Crippen LogP contribution in [0.2, 0.25) is 0 Å². The second-order valence-corrected chi connectivity index (χ2v) is 12.8. The fraction of sp³-hybridized carbons (Fsp3) is 0.700. The van der Waals surface area contributed by atoms with Crippen LogP contribution >= 0.6 is 0 Å². The van der Waals surface area contributed by atoms with Crippen LogP contribution in [0.1, 0.15) is 59.4 Å². The standard InChI is InChI=1S/C30H42N2O9/c1-29(2,3)27-32(28(35)37-17-19-10-8-7-9-11-19)20(25(34)39-27)16-18-12-14-31(15-13-18)24(33)22-21-23(26(36-6)38-22)41-30(4,5)40-21/h7-11,18,20-23,26-27H,12-17H2,1-6H3/t20-,21-,22+,23-,26-,27-/m0/s1. The molecule has 4 saturated heterocycles. The molecule has 11 heteroatoms. The van der Waals surface area contributed by atoms with E-state index >= 15 is 0 Å². The Morgan fingerprint density at radius 3 is 2.34 bits per heavy atom. The Morgan fingerprint density at radius 1 is 1.05 bits per heavy atom. The van der Waals surface area contributed by atoms with E-state index in [1.165, 1.54) is 12.0 Å².